The average molecular weight is 355 g/mol. The summed E-state index contributed by atoms with van der Waals surface area (Å²) in [6.07, 6.45) is 5.89. The molecule has 0 aliphatic heterocycles. The number of ether oxygens (including phenoxy) is 1. The van der Waals surface area contributed by atoms with Crippen molar-refractivity contribution in [2.75, 3.05) is 0 Å². The van der Waals surface area contributed by atoms with Crippen LogP contribution < -0.4 is 10.1 Å². The Morgan fingerprint density at radius 2 is 2.15 bits per heavy atom. The van der Waals surface area contributed by atoms with E-state index in [1.165, 1.54) is 12.8 Å². The van der Waals surface area contributed by atoms with Crippen molar-refractivity contribution < 1.29 is 4.74 Å². The van der Waals surface area contributed by atoms with Gasteiger partial charge in [-0.25, -0.2) is 4.98 Å². The second kappa shape index (κ2) is 6.08. The van der Waals surface area contributed by atoms with Crippen molar-refractivity contribution in [3.63, 3.8) is 0 Å². The number of rotatable bonds is 5. The number of hydrogen-bond acceptors (Lipinski definition) is 4. The van der Waals surface area contributed by atoms with Gasteiger partial charge in [-0.1, -0.05) is 11.6 Å². The molecule has 1 aliphatic carbocycles. The predicted octanol–water partition coefficient (Wildman–Crippen LogP) is 3.94. The highest BCUT2D eigenvalue weighted by atomic mass is 79.9. The maximum Gasteiger partial charge on any atom is 0.237 e. The molecule has 20 heavy (non-hydrogen) atoms. The van der Waals surface area contributed by atoms with E-state index in [1.807, 2.05) is 0 Å². The monoisotopic (exact) mass is 353 g/mol. The fraction of sp³-hybridized carbons (Fsp3) is 0.286. The molecular weight excluding hydrogens is 342 g/mol. The molecule has 0 spiro atoms. The number of hydrogen-bond donors (Lipinski definition) is 1. The zero-order valence-electron chi connectivity index (χ0n) is 10.6. The molecule has 0 unspecified atom stereocenters. The molecule has 1 fully saturated rings. The van der Waals surface area contributed by atoms with Gasteiger partial charge in [0.1, 0.15) is 5.75 Å². The van der Waals surface area contributed by atoms with Crippen molar-refractivity contribution >= 4 is 27.5 Å². The van der Waals surface area contributed by atoms with Crippen LogP contribution in [0.3, 0.4) is 0 Å². The molecule has 1 aromatic heterocycles. The van der Waals surface area contributed by atoms with Crippen LogP contribution >= 0.6 is 27.5 Å². The maximum atomic E-state index is 5.89. The lowest BCUT2D eigenvalue weighted by Crippen LogP contribution is -2.16. The van der Waals surface area contributed by atoms with Gasteiger partial charge in [0.05, 0.1) is 22.6 Å². The first-order valence-corrected chi connectivity index (χ1v) is 7.55. The third-order valence-corrected chi connectivity index (χ3v) is 3.79. The third-order valence-electron chi connectivity index (χ3n) is 2.94. The number of benzene rings is 1. The summed E-state index contributed by atoms with van der Waals surface area (Å²) in [5.74, 6) is 1.12. The van der Waals surface area contributed by atoms with Crippen LogP contribution in [-0.4, -0.2) is 16.0 Å². The summed E-state index contributed by atoms with van der Waals surface area (Å²) in [5.41, 5.74) is 0.916. The van der Waals surface area contributed by atoms with Crippen molar-refractivity contribution in [1.29, 1.82) is 0 Å². The minimum absolute atomic E-state index is 0.461. The highest BCUT2D eigenvalue weighted by Gasteiger charge is 2.20. The fourth-order valence-corrected chi connectivity index (χ4v) is 2.46. The Balaban J connectivity index is 1.64. The van der Waals surface area contributed by atoms with E-state index in [0.717, 1.165) is 16.7 Å². The van der Waals surface area contributed by atoms with Gasteiger partial charge in [-0.3, -0.25) is 4.98 Å². The lowest BCUT2D eigenvalue weighted by molar-refractivity contribution is 0.456. The molecule has 104 valence electrons. The van der Waals surface area contributed by atoms with Gasteiger partial charge in [-0.15, -0.1) is 0 Å². The van der Waals surface area contributed by atoms with E-state index in [9.17, 15) is 0 Å². The van der Waals surface area contributed by atoms with Crippen LogP contribution in [-0.2, 0) is 6.54 Å². The first-order valence-electron chi connectivity index (χ1n) is 6.38. The van der Waals surface area contributed by atoms with Gasteiger partial charge < -0.3 is 10.1 Å². The Morgan fingerprint density at radius 1 is 1.30 bits per heavy atom. The largest absolute Gasteiger partial charge is 0.436 e. The van der Waals surface area contributed by atoms with Gasteiger partial charge in [0, 0.05) is 17.6 Å². The molecule has 6 heteroatoms. The van der Waals surface area contributed by atoms with Crippen LogP contribution in [0.4, 0.5) is 0 Å². The van der Waals surface area contributed by atoms with E-state index in [4.69, 9.17) is 16.3 Å². The molecule has 0 radical (unpaired) electrons. The third kappa shape index (κ3) is 3.69. The molecule has 1 heterocycles. The van der Waals surface area contributed by atoms with E-state index in [-0.39, 0.29) is 0 Å². The van der Waals surface area contributed by atoms with Gasteiger partial charge in [0.2, 0.25) is 5.88 Å². The Labute approximate surface area is 130 Å². The summed E-state index contributed by atoms with van der Waals surface area (Å²) in [7, 11) is 0. The minimum atomic E-state index is 0.461. The molecule has 4 nitrogen and oxygen atoms in total. The molecule has 1 aromatic carbocycles. The molecule has 0 atom stereocenters. The van der Waals surface area contributed by atoms with Crippen LogP contribution in [0, 0.1) is 0 Å². The van der Waals surface area contributed by atoms with Gasteiger partial charge in [-0.2, -0.15) is 0 Å². The normalized spacial score (nSPS) is 14.3. The predicted molar refractivity (Wildman–Crippen MR) is 81.1 cm³/mol. The minimum Gasteiger partial charge on any atom is -0.436 e. The Morgan fingerprint density at radius 3 is 2.80 bits per heavy atom. The Kier molecular flexibility index (Phi) is 4.19. The van der Waals surface area contributed by atoms with Gasteiger partial charge in [0.15, 0.2) is 0 Å². The molecule has 1 saturated carbocycles. The zero-order chi connectivity index (χ0) is 13.9. The summed E-state index contributed by atoms with van der Waals surface area (Å²) in [6.45, 7) is 0.753. The van der Waals surface area contributed by atoms with Crippen LogP contribution in [0.2, 0.25) is 5.02 Å². The molecule has 0 bridgehead atoms. The lowest BCUT2D eigenvalue weighted by atomic mass is 10.3. The number of nitrogens with one attached hydrogen (secondary N) is 1. The lowest BCUT2D eigenvalue weighted by Gasteiger charge is -2.07. The van der Waals surface area contributed by atoms with E-state index < -0.39 is 0 Å². The summed E-state index contributed by atoms with van der Waals surface area (Å²) in [6, 6.07) is 6.00. The molecule has 1 aliphatic rings. The van der Waals surface area contributed by atoms with Crippen LogP contribution in [0.25, 0.3) is 0 Å². The summed E-state index contributed by atoms with van der Waals surface area (Å²) in [5, 5.41) is 4.04. The topological polar surface area (TPSA) is 47.0 Å². The summed E-state index contributed by atoms with van der Waals surface area (Å²) in [4.78, 5) is 8.59. The molecule has 2 aromatic rings. The van der Waals surface area contributed by atoms with Crippen LogP contribution in [0.15, 0.2) is 35.1 Å². The van der Waals surface area contributed by atoms with Crippen molar-refractivity contribution in [2.24, 2.45) is 0 Å². The van der Waals surface area contributed by atoms with Gasteiger partial charge in [0.25, 0.3) is 0 Å². The summed E-state index contributed by atoms with van der Waals surface area (Å²) >= 11 is 9.28. The summed E-state index contributed by atoms with van der Waals surface area (Å²) < 4.78 is 6.44. The Bertz CT molecular complexity index is 602. The Hall–Kier alpha value is -1.17. The quantitative estimate of drug-likeness (QED) is 0.883. The van der Waals surface area contributed by atoms with Crippen LogP contribution in [0.5, 0.6) is 11.6 Å². The SMILES string of the molecule is Clc1ccc(Oc2cnc(CNC3CC3)cn2)c(Br)c1. The molecule has 1 N–H and O–H groups in total. The van der Waals surface area contributed by atoms with Crippen molar-refractivity contribution in [3.05, 3.63) is 45.8 Å². The second-order valence-corrected chi connectivity index (χ2v) is 5.97. The fourth-order valence-electron chi connectivity index (χ4n) is 1.69. The average Bonchev–Trinajstić information content (AvgIpc) is 3.25. The highest BCUT2D eigenvalue weighted by Crippen LogP contribution is 2.30. The van der Waals surface area contributed by atoms with E-state index in [0.29, 0.717) is 22.7 Å². The highest BCUT2D eigenvalue weighted by molar-refractivity contribution is 9.10. The second-order valence-electron chi connectivity index (χ2n) is 4.68. The molecule has 3 rings (SSSR count). The zero-order valence-corrected chi connectivity index (χ0v) is 13.0. The first-order chi connectivity index (χ1) is 9.70. The van der Waals surface area contributed by atoms with E-state index in [2.05, 4.69) is 31.2 Å². The maximum absolute atomic E-state index is 5.89. The molecule has 0 amide bonds. The van der Waals surface area contributed by atoms with Gasteiger partial charge >= 0.3 is 0 Å². The van der Waals surface area contributed by atoms with E-state index >= 15 is 0 Å². The van der Waals surface area contributed by atoms with Crippen molar-refractivity contribution in [2.45, 2.75) is 25.4 Å². The number of aromatic nitrogens is 2. The standard InChI is InChI=1S/C14H13BrClN3O/c15-12-5-9(16)1-4-13(12)20-14-8-18-11(7-19-14)6-17-10-2-3-10/h1,4-5,7-8,10,17H,2-3,6H2. The first kappa shape index (κ1) is 13.8. The number of nitrogens with zero attached hydrogens (tertiary/aromatic N) is 2. The van der Waals surface area contributed by atoms with Crippen molar-refractivity contribution in [1.82, 2.24) is 15.3 Å². The number of halogens is 2. The smallest absolute Gasteiger partial charge is 0.237 e. The molecule has 0 saturated heterocycles. The van der Waals surface area contributed by atoms with Gasteiger partial charge in [-0.05, 0) is 47.0 Å². The van der Waals surface area contributed by atoms with E-state index in [1.54, 1.807) is 30.6 Å². The van der Waals surface area contributed by atoms with Crippen molar-refractivity contribution in [3.8, 4) is 11.6 Å². The van der Waals surface area contributed by atoms with Crippen LogP contribution in [0.1, 0.15) is 18.5 Å². The molecular formula is C14H13BrClN3O.